The molecule has 0 bridgehead atoms. The van der Waals surface area contributed by atoms with E-state index in [0.717, 1.165) is 23.9 Å². The van der Waals surface area contributed by atoms with Gasteiger partial charge in [-0.1, -0.05) is 31.2 Å². The number of hydrogen-bond donors (Lipinski definition) is 1. The molecule has 3 rings (SSSR count). The summed E-state index contributed by atoms with van der Waals surface area (Å²) >= 11 is 0. The van der Waals surface area contributed by atoms with Crippen molar-refractivity contribution in [2.45, 2.75) is 25.9 Å². The average Bonchev–Trinajstić information content (AvgIpc) is 2.70. The van der Waals surface area contributed by atoms with Crippen LogP contribution in [0.1, 0.15) is 29.7 Å². The van der Waals surface area contributed by atoms with Gasteiger partial charge in [0.15, 0.2) is 0 Å². The van der Waals surface area contributed by atoms with Gasteiger partial charge in [0.25, 0.3) is 0 Å². The molecular weight excluding hydrogens is 352 g/mol. The molecule has 148 valence electrons. The Kier molecular flexibility index (Phi) is 6.49. The number of ether oxygens (including phenoxy) is 1. The molecule has 1 N–H and O–H groups in total. The fraction of sp³-hybridized carbons (Fsp3) is 0.348. The summed E-state index contributed by atoms with van der Waals surface area (Å²) in [6, 6.07) is 16.1. The van der Waals surface area contributed by atoms with Crippen molar-refractivity contribution in [1.29, 1.82) is 0 Å². The highest BCUT2D eigenvalue weighted by molar-refractivity contribution is 5.81. The Morgan fingerprint density at radius 2 is 1.86 bits per heavy atom. The third kappa shape index (κ3) is 4.61. The Bertz CT molecular complexity index is 977. The molecule has 1 aromatic heterocycles. The van der Waals surface area contributed by atoms with Crippen molar-refractivity contribution >= 4 is 11.0 Å². The second-order valence-electron chi connectivity index (χ2n) is 7.16. The summed E-state index contributed by atoms with van der Waals surface area (Å²) in [5.41, 5.74) is 3.73. The molecule has 5 heteroatoms. The molecule has 0 saturated carbocycles. The number of rotatable bonds is 8. The van der Waals surface area contributed by atoms with Crippen LogP contribution < -0.4 is 15.7 Å². The van der Waals surface area contributed by atoms with Crippen LogP contribution in [0.4, 0.5) is 0 Å². The van der Waals surface area contributed by atoms with E-state index in [-0.39, 0.29) is 11.7 Å². The first-order valence-corrected chi connectivity index (χ1v) is 9.58. The SMILES string of the molecule is CCc1ccc([C@@H](CNCc2cc(=O)oc3cc(OC)ccc23)N(C)C)cc1. The highest BCUT2D eigenvalue weighted by Crippen LogP contribution is 2.23. The predicted octanol–water partition coefficient (Wildman–Crippen LogP) is 3.76. The van der Waals surface area contributed by atoms with E-state index >= 15 is 0 Å². The lowest BCUT2D eigenvalue weighted by atomic mass is 10.0. The molecule has 0 unspecified atom stereocenters. The minimum absolute atomic E-state index is 0.248. The molecule has 1 atom stereocenters. The summed E-state index contributed by atoms with van der Waals surface area (Å²) < 4.78 is 10.6. The van der Waals surface area contributed by atoms with Gasteiger partial charge in [0, 0.05) is 36.7 Å². The molecule has 1 heterocycles. The van der Waals surface area contributed by atoms with E-state index in [1.54, 1.807) is 19.2 Å². The number of fused-ring (bicyclic) bond motifs is 1. The second-order valence-corrected chi connectivity index (χ2v) is 7.16. The zero-order valence-corrected chi connectivity index (χ0v) is 17.0. The number of nitrogens with zero attached hydrogens (tertiary/aromatic N) is 1. The molecule has 0 saturated heterocycles. The molecule has 3 aromatic rings. The van der Waals surface area contributed by atoms with Crippen LogP contribution in [0.3, 0.4) is 0 Å². The van der Waals surface area contributed by atoms with Crippen LogP contribution in [-0.2, 0) is 13.0 Å². The third-order valence-electron chi connectivity index (χ3n) is 5.09. The zero-order chi connectivity index (χ0) is 20.1. The minimum atomic E-state index is -0.350. The highest BCUT2D eigenvalue weighted by atomic mass is 16.5. The van der Waals surface area contributed by atoms with Gasteiger partial charge in [-0.3, -0.25) is 0 Å². The van der Waals surface area contributed by atoms with E-state index in [9.17, 15) is 4.79 Å². The highest BCUT2D eigenvalue weighted by Gasteiger charge is 2.14. The normalized spacial score (nSPS) is 12.5. The largest absolute Gasteiger partial charge is 0.497 e. The fourth-order valence-corrected chi connectivity index (χ4v) is 3.40. The predicted molar refractivity (Wildman–Crippen MR) is 113 cm³/mol. The molecule has 5 nitrogen and oxygen atoms in total. The van der Waals surface area contributed by atoms with E-state index < -0.39 is 0 Å². The summed E-state index contributed by atoms with van der Waals surface area (Å²) in [6.45, 7) is 3.53. The van der Waals surface area contributed by atoms with Gasteiger partial charge in [-0.2, -0.15) is 0 Å². The Balaban J connectivity index is 1.76. The summed E-state index contributed by atoms with van der Waals surface area (Å²) in [4.78, 5) is 14.2. The van der Waals surface area contributed by atoms with Crippen molar-refractivity contribution in [3.63, 3.8) is 0 Å². The summed E-state index contributed by atoms with van der Waals surface area (Å²) in [5, 5.41) is 4.42. The first kappa shape index (κ1) is 20.1. The molecule has 0 fully saturated rings. The van der Waals surface area contributed by atoms with E-state index in [4.69, 9.17) is 9.15 Å². The van der Waals surface area contributed by atoms with Gasteiger partial charge < -0.3 is 19.4 Å². The third-order valence-corrected chi connectivity index (χ3v) is 5.09. The Morgan fingerprint density at radius 3 is 2.50 bits per heavy atom. The van der Waals surface area contributed by atoms with E-state index in [1.165, 1.54) is 11.1 Å². The van der Waals surface area contributed by atoms with Crippen molar-refractivity contribution in [2.75, 3.05) is 27.7 Å². The van der Waals surface area contributed by atoms with Crippen LogP contribution in [0.25, 0.3) is 11.0 Å². The van der Waals surface area contributed by atoms with Gasteiger partial charge in [-0.15, -0.1) is 0 Å². The maximum absolute atomic E-state index is 11.9. The zero-order valence-electron chi connectivity index (χ0n) is 17.0. The lowest BCUT2D eigenvalue weighted by Gasteiger charge is -2.25. The number of hydrogen-bond acceptors (Lipinski definition) is 5. The van der Waals surface area contributed by atoms with E-state index in [1.807, 2.05) is 12.1 Å². The minimum Gasteiger partial charge on any atom is -0.497 e. The lowest BCUT2D eigenvalue weighted by Crippen LogP contribution is -2.31. The summed E-state index contributed by atoms with van der Waals surface area (Å²) in [6.07, 6.45) is 1.04. The monoisotopic (exact) mass is 380 g/mol. The van der Waals surface area contributed by atoms with Gasteiger partial charge in [-0.05, 0) is 49.3 Å². The molecule has 0 aliphatic heterocycles. The molecule has 2 aromatic carbocycles. The molecule has 0 aliphatic rings. The first-order valence-electron chi connectivity index (χ1n) is 9.58. The number of likely N-dealkylation sites (N-methyl/N-ethyl adjacent to an activating group) is 1. The Labute approximate surface area is 165 Å². The van der Waals surface area contributed by atoms with Gasteiger partial charge in [0.2, 0.25) is 0 Å². The topological polar surface area (TPSA) is 54.7 Å². The van der Waals surface area contributed by atoms with Crippen LogP contribution >= 0.6 is 0 Å². The standard InChI is InChI=1S/C23H28N2O3/c1-5-16-6-8-17(9-7-16)21(25(2)3)15-24-14-18-12-23(26)28-22-13-19(27-4)10-11-20(18)22/h6-13,21,24H,5,14-15H2,1-4H3/t21-/m1/s1. The van der Waals surface area contributed by atoms with Crippen LogP contribution in [0.2, 0.25) is 0 Å². The van der Waals surface area contributed by atoms with Crippen molar-refractivity contribution in [1.82, 2.24) is 10.2 Å². The summed E-state index contributed by atoms with van der Waals surface area (Å²) in [5.74, 6) is 0.670. The number of aryl methyl sites for hydroxylation is 1. The average molecular weight is 380 g/mol. The maximum atomic E-state index is 11.9. The van der Waals surface area contributed by atoms with Crippen molar-refractivity contribution in [2.24, 2.45) is 0 Å². The van der Waals surface area contributed by atoms with E-state index in [0.29, 0.717) is 17.9 Å². The van der Waals surface area contributed by atoms with Gasteiger partial charge in [-0.25, -0.2) is 4.79 Å². The second kappa shape index (κ2) is 9.04. The Morgan fingerprint density at radius 1 is 1.11 bits per heavy atom. The number of benzene rings is 2. The molecule has 0 aliphatic carbocycles. The number of methoxy groups -OCH3 is 1. The van der Waals surface area contributed by atoms with Crippen LogP contribution in [0.15, 0.2) is 57.7 Å². The van der Waals surface area contributed by atoms with Crippen molar-refractivity contribution in [3.05, 3.63) is 75.6 Å². The van der Waals surface area contributed by atoms with Gasteiger partial charge >= 0.3 is 5.63 Å². The first-order chi connectivity index (χ1) is 13.5. The fourth-order valence-electron chi connectivity index (χ4n) is 3.40. The molecule has 0 amide bonds. The molecule has 0 radical (unpaired) electrons. The van der Waals surface area contributed by atoms with Crippen molar-refractivity contribution in [3.8, 4) is 5.75 Å². The summed E-state index contributed by atoms with van der Waals surface area (Å²) in [7, 11) is 5.76. The van der Waals surface area contributed by atoms with E-state index in [2.05, 4.69) is 55.5 Å². The lowest BCUT2D eigenvalue weighted by molar-refractivity contribution is 0.288. The van der Waals surface area contributed by atoms with Crippen LogP contribution in [-0.4, -0.2) is 32.6 Å². The molecular formula is C23H28N2O3. The van der Waals surface area contributed by atoms with Crippen molar-refractivity contribution < 1.29 is 9.15 Å². The Hall–Kier alpha value is -2.63. The van der Waals surface area contributed by atoms with Gasteiger partial charge in [0.1, 0.15) is 11.3 Å². The molecule has 0 spiro atoms. The van der Waals surface area contributed by atoms with Crippen LogP contribution in [0.5, 0.6) is 5.75 Å². The van der Waals surface area contributed by atoms with Gasteiger partial charge in [0.05, 0.1) is 7.11 Å². The maximum Gasteiger partial charge on any atom is 0.336 e. The van der Waals surface area contributed by atoms with Crippen LogP contribution in [0, 0.1) is 0 Å². The quantitative estimate of drug-likeness (QED) is 0.603. The molecule has 28 heavy (non-hydrogen) atoms. The number of nitrogens with one attached hydrogen (secondary N) is 1. The smallest absolute Gasteiger partial charge is 0.336 e.